The quantitative estimate of drug-likeness (QED) is 0.202. The van der Waals surface area contributed by atoms with Gasteiger partial charge in [0.15, 0.2) is 11.9 Å². The molecule has 0 N–H and O–H groups in total. The van der Waals surface area contributed by atoms with Crippen molar-refractivity contribution in [3.05, 3.63) is 0 Å². The molecule has 0 aromatic carbocycles. The Bertz CT molecular complexity index is 667. The van der Waals surface area contributed by atoms with Crippen LogP contribution in [0.2, 0.25) is 0 Å². The van der Waals surface area contributed by atoms with Gasteiger partial charge in [0.1, 0.15) is 5.78 Å². The molecule has 2 bridgehead atoms. The van der Waals surface area contributed by atoms with Crippen molar-refractivity contribution in [3.63, 3.8) is 0 Å². The number of hydrogen-bond acceptors (Lipinski definition) is 5. The van der Waals surface area contributed by atoms with Crippen molar-refractivity contribution < 1.29 is 24.0 Å². The number of hydrogen-bond donors (Lipinski definition) is 0. The number of ether oxygens (including phenoxy) is 2. The van der Waals surface area contributed by atoms with E-state index in [0.29, 0.717) is 36.4 Å². The summed E-state index contributed by atoms with van der Waals surface area (Å²) in [5, 5.41) is 0. The van der Waals surface area contributed by atoms with Crippen molar-refractivity contribution in [1.82, 2.24) is 0 Å². The summed E-state index contributed by atoms with van der Waals surface area (Å²) >= 11 is 0. The summed E-state index contributed by atoms with van der Waals surface area (Å²) in [6.45, 7) is 8.82. The summed E-state index contributed by atoms with van der Waals surface area (Å²) in [6.07, 6.45) is 17.8. The van der Waals surface area contributed by atoms with Crippen molar-refractivity contribution in [2.45, 2.75) is 154 Å². The standard InChI is InChI=1S/C29H50O5/c1-5-6-7-8-9-10-11-12-13-14-15-23(30)20-26-22(3)25-17-16-21(2)24-18-19-28(4)32-27(31-26)29(24,25)34-33-28/h21-22,24-27H,5-20H2,1-4H3/t21-,22-,24+,25+,26-,27-,28-,29-/m1/s1. The van der Waals surface area contributed by atoms with Crippen LogP contribution in [0.15, 0.2) is 0 Å². The number of rotatable bonds is 13. The van der Waals surface area contributed by atoms with Crippen molar-refractivity contribution in [2.24, 2.45) is 23.7 Å². The number of ketones is 1. The highest BCUT2D eigenvalue weighted by atomic mass is 17.3. The van der Waals surface area contributed by atoms with Crippen LogP contribution in [-0.4, -0.2) is 29.6 Å². The molecular formula is C29H50O5. The highest BCUT2D eigenvalue weighted by molar-refractivity contribution is 5.78. The van der Waals surface area contributed by atoms with Gasteiger partial charge in [0, 0.05) is 25.2 Å². The molecule has 1 aliphatic carbocycles. The Balaban J connectivity index is 1.24. The zero-order chi connectivity index (χ0) is 24.2. The Hall–Kier alpha value is -0.490. The van der Waals surface area contributed by atoms with Gasteiger partial charge in [-0.1, -0.05) is 78.6 Å². The molecule has 5 rings (SSSR count). The SMILES string of the molecule is CCCCCCCCCCCCC(=O)C[C@H]1O[C@@H]2O[C@@]3(C)CC[C@H]4[C@H](C)CC[C@@H]([C@H]1C)[C@@]24OO3. The van der Waals surface area contributed by atoms with Gasteiger partial charge >= 0.3 is 0 Å². The van der Waals surface area contributed by atoms with Gasteiger partial charge in [0.2, 0.25) is 5.79 Å². The van der Waals surface area contributed by atoms with Crippen LogP contribution in [-0.2, 0) is 24.0 Å². The van der Waals surface area contributed by atoms with E-state index in [4.69, 9.17) is 19.2 Å². The maximum atomic E-state index is 12.9. The normalized spacial score (nSPS) is 41.2. The number of carbonyl (C=O) groups excluding carboxylic acids is 1. The van der Waals surface area contributed by atoms with E-state index in [0.717, 1.165) is 25.7 Å². The van der Waals surface area contributed by atoms with Crippen LogP contribution in [0.25, 0.3) is 0 Å². The third kappa shape index (κ3) is 5.58. The predicted molar refractivity (Wildman–Crippen MR) is 133 cm³/mol. The third-order valence-electron chi connectivity index (χ3n) is 9.53. The molecule has 1 saturated carbocycles. The molecule has 4 saturated heterocycles. The molecule has 0 aromatic heterocycles. The number of fused-ring (bicyclic) bond motifs is 2. The molecule has 4 aliphatic heterocycles. The molecule has 5 aliphatic rings. The summed E-state index contributed by atoms with van der Waals surface area (Å²) in [4.78, 5) is 25.0. The molecule has 1 spiro atoms. The second kappa shape index (κ2) is 11.7. The first-order valence-electron chi connectivity index (χ1n) is 14.6. The lowest BCUT2D eigenvalue weighted by atomic mass is 9.57. The van der Waals surface area contributed by atoms with E-state index in [1.54, 1.807) is 0 Å². The molecule has 5 nitrogen and oxygen atoms in total. The van der Waals surface area contributed by atoms with Crippen molar-refractivity contribution in [2.75, 3.05) is 0 Å². The molecule has 196 valence electrons. The molecule has 0 unspecified atom stereocenters. The molecule has 0 aromatic rings. The van der Waals surface area contributed by atoms with E-state index in [1.165, 1.54) is 64.2 Å². The molecule has 8 atom stereocenters. The minimum atomic E-state index is -0.747. The van der Waals surface area contributed by atoms with Crippen LogP contribution < -0.4 is 0 Å². The van der Waals surface area contributed by atoms with Gasteiger partial charge in [-0.25, -0.2) is 9.78 Å². The van der Waals surface area contributed by atoms with E-state index in [9.17, 15) is 4.79 Å². The molecule has 0 radical (unpaired) electrons. The van der Waals surface area contributed by atoms with Crippen LogP contribution in [0.4, 0.5) is 0 Å². The Kier molecular flexibility index (Phi) is 9.15. The van der Waals surface area contributed by atoms with E-state index in [2.05, 4.69) is 20.8 Å². The van der Waals surface area contributed by atoms with Gasteiger partial charge in [-0.15, -0.1) is 0 Å². The Morgan fingerprint density at radius 3 is 2.24 bits per heavy atom. The van der Waals surface area contributed by atoms with E-state index >= 15 is 0 Å². The highest BCUT2D eigenvalue weighted by Gasteiger charge is 2.69. The first kappa shape index (κ1) is 26.6. The zero-order valence-corrected chi connectivity index (χ0v) is 22.3. The van der Waals surface area contributed by atoms with Crippen LogP contribution in [0.1, 0.15) is 130 Å². The molecule has 4 heterocycles. The van der Waals surface area contributed by atoms with Crippen LogP contribution >= 0.6 is 0 Å². The van der Waals surface area contributed by atoms with Gasteiger partial charge in [-0.3, -0.25) is 4.79 Å². The summed E-state index contributed by atoms with van der Waals surface area (Å²) < 4.78 is 13.0. The Morgan fingerprint density at radius 1 is 0.853 bits per heavy atom. The van der Waals surface area contributed by atoms with Gasteiger partial charge in [0.05, 0.1) is 6.10 Å². The first-order valence-corrected chi connectivity index (χ1v) is 14.6. The van der Waals surface area contributed by atoms with E-state index < -0.39 is 17.7 Å². The fourth-order valence-electron chi connectivity index (χ4n) is 7.35. The van der Waals surface area contributed by atoms with Crippen LogP contribution in [0.3, 0.4) is 0 Å². The van der Waals surface area contributed by atoms with Crippen molar-refractivity contribution >= 4 is 5.78 Å². The maximum absolute atomic E-state index is 12.9. The van der Waals surface area contributed by atoms with E-state index in [-0.39, 0.29) is 12.0 Å². The van der Waals surface area contributed by atoms with Crippen molar-refractivity contribution in [1.29, 1.82) is 0 Å². The van der Waals surface area contributed by atoms with Gasteiger partial charge in [0.25, 0.3) is 0 Å². The largest absolute Gasteiger partial charge is 0.345 e. The Morgan fingerprint density at radius 2 is 1.53 bits per heavy atom. The van der Waals surface area contributed by atoms with Crippen molar-refractivity contribution in [3.8, 4) is 0 Å². The summed E-state index contributed by atoms with van der Waals surface area (Å²) in [5.74, 6) is 1.11. The molecular weight excluding hydrogens is 428 g/mol. The topological polar surface area (TPSA) is 54.0 Å². The number of unbranched alkanes of at least 4 members (excludes halogenated alkanes) is 9. The van der Waals surface area contributed by atoms with Gasteiger partial charge in [-0.05, 0) is 50.4 Å². The lowest BCUT2D eigenvalue weighted by molar-refractivity contribution is -0.570. The average molecular weight is 479 g/mol. The molecule has 0 amide bonds. The zero-order valence-electron chi connectivity index (χ0n) is 22.3. The fourth-order valence-corrected chi connectivity index (χ4v) is 7.35. The summed E-state index contributed by atoms with van der Waals surface area (Å²) in [7, 11) is 0. The minimum Gasteiger partial charge on any atom is -0.345 e. The molecule has 5 heteroatoms. The van der Waals surface area contributed by atoms with Crippen LogP contribution in [0, 0.1) is 23.7 Å². The second-order valence-electron chi connectivity index (χ2n) is 12.1. The van der Waals surface area contributed by atoms with E-state index in [1.807, 2.05) is 6.92 Å². The highest BCUT2D eigenvalue weighted by Crippen LogP contribution is 2.60. The van der Waals surface area contributed by atoms with Crippen LogP contribution in [0.5, 0.6) is 0 Å². The van der Waals surface area contributed by atoms with Gasteiger partial charge < -0.3 is 9.47 Å². The fraction of sp³-hybridized carbons (Fsp3) is 0.966. The summed E-state index contributed by atoms with van der Waals surface area (Å²) in [6, 6.07) is 0. The lowest BCUT2D eigenvalue weighted by Gasteiger charge is -2.60. The third-order valence-corrected chi connectivity index (χ3v) is 9.53. The monoisotopic (exact) mass is 478 g/mol. The second-order valence-corrected chi connectivity index (χ2v) is 12.1. The molecule has 34 heavy (non-hydrogen) atoms. The van der Waals surface area contributed by atoms with Gasteiger partial charge in [-0.2, -0.15) is 0 Å². The molecule has 5 fully saturated rings. The maximum Gasteiger partial charge on any atom is 0.201 e. The smallest absolute Gasteiger partial charge is 0.201 e. The first-order chi connectivity index (χ1) is 16.4. The average Bonchev–Trinajstić information content (AvgIpc) is 3.04. The number of carbonyl (C=O) groups is 1. The minimum absolute atomic E-state index is 0.0862. The number of Topliss-reactive ketones (excluding diaryl/α,β-unsaturated/α-hetero) is 1. The lowest BCUT2D eigenvalue weighted by Crippen LogP contribution is -2.70. The predicted octanol–water partition coefficient (Wildman–Crippen LogP) is 7.51. The summed E-state index contributed by atoms with van der Waals surface area (Å²) in [5.41, 5.74) is -0.525. The Labute approximate surface area is 207 Å².